The number of nitrogens with zero attached hydrogens (tertiary/aromatic N) is 3. The van der Waals surface area contributed by atoms with E-state index in [2.05, 4.69) is 21.7 Å². The normalized spacial score (nSPS) is 15.7. The van der Waals surface area contributed by atoms with Crippen LogP contribution < -0.4 is 0 Å². The molecule has 31 heavy (non-hydrogen) atoms. The van der Waals surface area contributed by atoms with Gasteiger partial charge in [0.25, 0.3) is 0 Å². The Balaban J connectivity index is 0.00000132. The van der Waals surface area contributed by atoms with Crippen LogP contribution in [0.4, 0.5) is 4.39 Å². The maximum atomic E-state index is 13.6. The Hall–Kier alpha value is -2.66. The van der Waals surface area contributed by atoms with Crippen LogP contribution in [0.5, 0.6) is 0 Å². The molecule has 3 aromatic rings. The number of imidazole rings is 1. The van der Waals surface area contributed by atoms with Crippen molar-refractivity contribution in [1.29, 1.82) is 0 Å². The molecule has 1 aliphatic rings. The molecule has 1 fully saturated rings. The summed E-state index contributed by atoms with van der Waals surface area (Å²) in [6, 6.07) is 14.7. The van der Waals surface area contributed by atoms with Crippen LogP contribution in [0.3, 0.4) is 0 Å². The topological polar surface area (TPSA) is 38.1 Å². The SMILES string of the molecule is CC.O=C1[C@@H](CCc2cncn2Cc2ccccc2)CCN1Cc1cc(F)cc(Cl)c1. The fourth-order valence-corrected chi connectivity index (χ4v) is 4.20. The monoisotopic (exact) mass is 441 g/mol. The lowest BCUT2D eigenvalue weighted by atomic mass is 10.0. The largest absolute Gasteiger partial charge is 0.338 e. The van der Waals surface area contributed by atoms with Gasteiger partial charge in [0.05, 0.1) is 6.33 Å². The van der Waals surface area contributed by atoms with Crippen molar-refractivity contribution in [3.8, 4) is 0 Å². The lowest BCUT2D eigenvalue weighted by molar-refractivity contribution is -0.131. The first kappa shape index (κ1) is 23.0. The van der Waals surface area contributed by atoms with Crippen molar-refractivity contribution in [2.75, 3.05) is 6.54 Å². The van der Waals surface area contributed by atoms with Gasteiger partial charge in [0.2, 0.25) is 5.91 Å². The first-order valence-electron chi connectivity index (χ1n) is 10.8. The minimum absolute atomic E-state index is 0.000827. The predicted molar refractivity (Wildman–Crippen MR) is 122 cm³/mol. The van der Waals surface area contributed by atoms with Gasteiger partial charge in [0.1, 0.15) is 5.82 Å². The van der Waals surface area contributed by atoms with Gasteiger partial charge in [-0.3, -0.25) is 4.79 Å². The van der Waals surface area contributed by atoms with E-state index in [0.717, 1.165) is 37.1 Å². The standard InChI is InChI=1S/C23H23ClFN3O.C2H6/c24-20-10-18(11-21(25)12-20)15-27-9-8-19(23(27)29)6-7-22-13-26-16-28(22)14-17-4-2-1-3-5-17;1-2/h1-5,10-13,16,19H,6-9,14-15H2;1-2H3/t19-;/m0./s1. The maximum absolute atomic E-state index is 13.6. The zero-order valence-corrected chi connectivity index (χ0v) is 18.9. The van der Waals surface area contributed by atoms with Gasteiger partial charge < -0.3 is 9.47 Å². The zero-order valence-electron chi connectivity index (χ0n) is 18.1. The van der Waals surface area contributed by atoms with Gasteiger partial charge in [-0.25, -0.2) is 9.37 Å². The highest BCUT2D eigenvalue weighted by Gasteiger charge is 2.31. The summed E-state index contributed by atoms with van der Waals surface area (Å²) in [4.78, 5) is 18.9. The van der Waals surface area contributed by atoms with Crippen molar-refractivity contribution in [3.63, 3.8) is 0 Å². The quantitative estimate of drug-likeness (QED) is 0.469. The summed E-state index contributed by atoms with van der Waals surface area (Å²) in [5, 5.41) is 0.356. The zero-order chi connectivity index (χ0) is 22.2. The molecule has 1 atom stereocenters. The van der Waals surface area contributed by atoms with Crippen LogP contribution in [0.15, 0.2) is 61.1 Å². The highest BCUT2D eigenvalue weighted by molar-refractivity contribution is 6.30. The van der Waals surface area contributed by atoms with Crippen molar-refractivity contribution >= 4 is 17.5 Å². The second-order valence-electron chi connectivity index (χ2n) is 7.56. The first-order valence-corrected chi connectivity index (χ1v) is 11.2. The predicted octanol–water partition coefficient (Wildman–Crippen LogP) is 5.73. The number of likely N-dealkylation sites (tertiary alicyclic amines) is 1. The fraction of sp³-hybridized carbons (Fsp3) is 0.360. The third kappa shape index (κ3) is 6.17. The molecule has 2 heterocycles. The van der Waals surface area contributed by atoms with Crippen LogP contribution in [0.2, 0.25) is 5.02 Å². The molecule has 2 aromatic carbocycles. The molecule has 0 bridgehead atoms. The number of carbonyl (C=O) groups excluding carboxylic acids is 1. The molecule has 4 rings (SSSR count). The summed E-state index contributed by atoms with van der Waals surface area (Å²) in [5.41, 5.74) is 3.09. The lowest BCUT2D eigenvalue weighted by Crippen LogP contribution is -2.27. The van der Waals surface area contributed by atoms with Crippen LogP contribution in [0.25, 0.3) is 0 Å². The molecule has 4 nitrogen and oxygen atoms in total. The summed E-state index contributed by atoms with van der Waals surface area (Å²) in [6.45, 7) is 5.88. The first-order chi connectivity index (χ1) is 15.1. The van der Waals surface area contributed by atoms with Crippen LogP contribution in [0.1, 0.15) is 43.5 Å². The molecule has 6 heteroatoms. The number of benzene rings is 2. The molecule has 0 unspecified atom stereocenters. The Labute approximate surface area is 188 Å². The van der Waals surface area contributed by atoms with Crippen molar-refractivity contribution < 1.29 is 9.18 Å². The van der Waals surface area contributed by atoms with E-state index in [1.165, 1.54) is 17.7 Å². The molecule has 0 radical (unpaired) electrons. The number of aryl methyl sites for hydroxylation is 1. The smallest absolute Gasteiger partial charge is 0.226 e. The second-order valence-corrected chi connectivity index (χ2v) is 8.00. The molecule has 1 amide bonds. The third-order valence-electron chi connectivity index (χ3n) is 5.45. The van der Waals surface area contributed by atoms with Gasteiger partial charge in [-0.05, 0) is 48.6 Å². The van der Waals surface area contributed by atoms with E-state index < -0.39 is 0 Å². The molecular formula is C25H29ClFN3O. The van der Waals surface area contributed by atoms with E-state index in [9.17, 15) is 9.18 Å². The van der Waals surface area contributed by atoms with Crippen molar-refractivity contribution in [1.82, 2.24) is 14.5 Å². The van der Waals surface area contributed by atoms with E-state index in [0.29, 0.717) is 18.1 Å². The molecule has 0 N–H and O–H groups in total. The Morgan fingerprint density at radius 2 is 1.87 bits per heavy atom. The molecular weight excluding hydrogens is 413 g/mol. The van der Waals surface area contributed by atoms with Crippen molar-refractivity contribution in [2.24, 2.45) is 5.92 Å². The summed E-state index contributed by atoms with van der Waals surface area (Å²) < 4.78 is 15.7. The van der Waals surface area contributed by atoms with Gasteiger partial charge in [0, 0.05) is 42.5 Å². The van der Waals surface area contributed by atoms with E-state index in [4.69, 9.17) is 11.6 Å². The minimum atomic E-state index is -0.373. The van der Waals surface area contributed by atoms with Gasteiger partial charge in [0.15, 0.2) is 0 Å². The number of rotatable bonds is 7. The number of hydrogen-bond acceptors (Lipinski definition) is 2. The molecule has 1 aliphatic heterocycles. The number of carbonyl (C=O) groups is 1. The molecule has 0 saturated carbocycles. The Bertz CT molecular complexity index is 969. The van der Waals surface area contributed by atoms with Crippen molar-refractivity contribution in [3.05, 3.63) is 88.7 Å². The van der Waals surface area contributed by atoms with Crippen LogP contribution in [-0.2, 0) is 24.3 Å². The number of aromatic nitrogens is 2. The average Bonchev–Trinajstić information content (AvgIpc) is 3.34. The molecule has 0 aliphatic carbocycles. The highest BCUT2D eigenvalue weighted by Crippen LogP contribution is 2.26. The molecule has 1 aromatic heterocycles. The van der Waals surface area contributed by atoms with E-state index in [-0.39, 0.29) is 17.6 Å². The maximum Gasteiger partial charge on any atom is 0.226 e. The fourth-order valence-electron chi connectivity index (χ4n) is 3.95. The van der Waals surface area contributed by atoms with Crippen LogP contribution in [0, 0.1) is 11.7 Å². The van der Waals surface area contributed by atoms with Gasteiger partial charge in [-0.2, -0.15) is 0 Å². The summed E-state index contributed by atoms with van der Waals surface area (Å²) in [5.74, 6) is -0.235. The third-order valence-corrected chi connectivity index (χ3v) is 5.67. The minimum Gasteiger partial charge on any atom is -0.338 e. The van der Waals surface area contributed by atoms with E-state index in [1.807, 2.05) is 44.6 Å². The molecule has 1 saturated heterocycles. The lowest BCUT2D eigenvalue weighted by Gasteiger charge is -2.17. The number of amides is 1. The second kappa shape index (κ2) is 11.1. The van der Waals surface area contributed by atoms with E-state index >= 15 is 0 Å². The number of halogens is 2. The molecule has 0 spiro atoms. The average molecular weight is 442 g/mol. The van der Waals surface area contributed by atoms with E-state index in [1.54, 1.807) is 11.0 Å². The van der Waals surface area contributed by atoms with Crippen LogP contribution in [-0.4, -0.2) is 26.9 Å². The Morgan fingerprint density at radius 1 is 1.10 bits per heavy atom. The summed E-state index contributed by atoms with van der Waals surface area (Å²) in [7, 11) is 0. The van der Waals surface area contributed by atoms with Gasteiger partial charge >= 0.3 is 0 Å². The van der Waals surface area contributed by atoms with Crippen LogP contribution >= 0.6 is 11.6 Å². The van der Waals surface area contributed by atoms with Crippen molar-refractivity contribution in [2.45, 2.75) is 46.2 Å². The Kier molecular flexibility index (Phi) is 8.24. The Morgan fingerprint density at radius 3 is 2.61 bits per heavy atom. The summed E-state index contributed by atoms with van der Waals surface area (Å²) in [6.07, 6.45) is 6.16. The molecule has 164 valence electrons. The van der Waals surface area contributed by atoms with Gasteiger partial charge in [-0.15, -0.1) is 0 Å². The highest BCUT2D eigenvalue weighted by atomic mass is 35.5. The number of hydrogen-bond donors (Lipinski definition) is 0. The van der Waals surface area contributed by atoms with Gasteiger partial charge in [-0.1, -0.05) is 55.8 Å². The summed E-state index contributed by atoms with van der Waals surface area (Å²) >= 11 is 5.93.